The molecule has 0 spiro atoms. The normalized spacial score (nSPS) is 23.0. The molecule has 1 aromatic heterocycles. The maximum absolute atomic E-state index is 13.7. The van der Waals surface area contributed by atoms with Crippen LogP contribution in [0.25, 0.3) is 0 Å². The standard InChI is InChI=1S/C28H27F9N6O3/c1-2-25(38)13-19(18-12-15(26(29,30)31)5-6-20(18)42(25)24(44)45)23-39-41-43(40-23)21(22-4-3-7-46-22)10-14-8-16(27(32,33)34)11-17(9-14)28(35,36)37/h5-6,8-9,11-12,19,21-22H,2-4,7,10,13,38H2,1H3,(H,44,45)/t19-,21?,22?,25+/m0/s1. The minimum atomic E-state index is -5.07. The number of nitrogens with two attached hydrogens (primary N) is 1. The zero-order chi connectivity index (χ0) is 33.8. The van der Waals surface area contributed by atoms with Crippen molar-refractivity contribution in [1.82, 2.24) is 20.2 Å². The van der Waals surface area contributed by atoms with Gasteiger partial charge in [0.25, 0.3) is 0 Å². The van der Waals surface area contributed by atoms with E-state index in [2.05, 4.69) is 15.4 Å². The van der Waals surface area contributed by atoms with E-state index >= 15 is 0 Å². The minimum Gasteiger partial charge on any atom is -0.465 e. The molecular formula is C28H27F9N6O3. The third-order valence-corrected chi connectivity index (χ3v) is 8.32. The first-order valence-electron chi connectivity index (χ1n) is 14.0. The predicted octanol–water partition coefficient (Wildman–Crippen LogP) is 6.78. The van der Waals surface area contributed by atoms with E-state index in [0.717, 1.165) is 27.9 Å². The molecule has 2 aromatic carbocycles. The number of hydrogen-bond acceptors (Lipinski definition) is 6. The molecule has 250 valence electrons. The molecule has 0 aliphatic carbocycles. The number of carboxylic acid groups (broad SMARTS) is 1. The van der Waals surface area contributed by atoms with E-state index in [-0.39, 0.29) is 48.2 Å². The summed E-state index contributed by atoms with van der Waals surface area (Å²) in [4.78, 5) is 14.0. The number of aromatic nitrogens is 4. The van der Waals surface area contributed by atoms with Crippen LogP contribution in [0.2, 0.25) is 0 Å². The monoisotopic (exact) mass is 666 g/mol. The molecule has 0 bridgehead atoms. The number of anilines is 1. The Morgan fingerprint density at radius 2 is 1.65 bits per heavy atom. The van der Waals surface area contributed by atoms with Crippen LogP contribution in [0.5, 0.6) is 0 Å². The fraction of sp³-hybridized carbons (Fsp3) is 0.500. The number of nitrogens with zero attached hydrogens (tertiary/aromatic N) is 5. The Hall–Kier alpha value is -3.93. The number of carbonyl (C=O) groups is 1. The van der Waals surface area contributed by atoms with E-state index in [9.17, 15) is 49.4 Å². The highest BCUT2D eigenvalue weighted by molar-refractivity contribution is 5.90. The van der Waals surface area contributed by atoms with Crippen LogP contribution in [0, 0.1) is 0 Å². The van der Waals surface area contributed by atoms with Gasteiger partial charge in [-0.2, -0.15) is 44.3 Å². The largest absolute Gasteiger partial charge is 0.465 e. The molecule has 0 saturated carbocycles. The maximum Gasteiger partial charge on any atom is 0.416 e. The Kier molecular flexibility index (Phi) is 8.50. The number of halogens is 9. The number of alkyl halides is 9. The Balaban J connectivity index is 1.59. The molecule has 3 aromatic rings. The molecule has 2 aliphatic rings. The van der Waals surface area contributed by atoms with E-state index < -0.39 is 71.5 Å². The first-order valence-corrected chi connectivity index (χ1v) is 14.0. The van der Waals surface area contributed by atoms with E-state index in [4.69, 9.17) is 10.5 Å². The van der Waals surface area contributed by atoms with Gasteiger partial charge in [-0.05, 0) is 84.8 Å². The molecular weight excluding hydrogens is 639 g/mol. The fourth-order valence-electron chi connectivity index (χ4n) is 6.00. The van der Waals surface area contributed by atoms with E-state index in [1.165, 1.54) is 0 Å². The van der Waals surface area contributed by atoms with Crippen LogP contribution in [0.3, 0.4) is 0 Å². The van der Waals surface area contributed by atoms with Gasteiger partial charge in [-0.25, -0.2) is 4.79 Å². The molecule has 18 heteroatoms. The van der Waals surface area contributed by atoms with Gasteiger partial charge in [0, 0.05) is 6.61 Å². The molecule has 2 aliphatic heterocycles. The van der Waals surface area contributed by atoms with Crippen LogP contribution in [-0.4, -0.2) is 49.8 Å². The van der Waals surface area contributed by atoms with Gasteiger partial charge in [0.1, 0.15) is 11.7 Å². The number of hydrogen-bond donors (Lipinski definition) is 2. The Labute approximate surface area is 255 Å². The average molecular weight is 667 g/mol. The quantitative estimate of drug-likeness (QED) is 0.279. The average Bonchev–Trinajstić information content (AvgIpc) is 3.67. The molecule has 1 fully saturated rings. The first-order chi connectivity index (χ1) is 21.3. The Morgan fingerprint density at radius 3 is 2.17 bits per heavy atom. The summed E-state index contributed by atoms with van der Waals surface area (Å²) < 4.78 is 128. The topological polar surface area (TPSA) is 119 Å². The van der Waals surface area contributed by atoms with Gasteiger partial charge in [0.15, 0.2) is 5.82 Å². The number of rotatable bonds is 6. The molecule has 9 nitrogen and oxygen atoms in total. The second kappa shape index (κ2) is 11.7. The van der Waals surface area contributed by atoms with Crippen molar-refractivity contribution in [2.75, 3.05) is 11.5 Å². The van der Waals surface area contributed by atoms with Crippen LogP contribution in [-0.2, 0) is 29.7 Å². The number of benzene rings is 2. The van der Waals surface area contributed by atoms with E-state index in [1.54, 1.807) is 6.92 Å². The zero-order valence-electron chi connectivity index (χ0n) is 23.9. The predicted molar refractivity (Wildman–Crippen MR) is 142 cm³/mol. The number of fused-ring (bicyclic) bond motifs is 1. The van der Waals surface area contributed by atoms with E-state index in [0.29, 0.717) is 25.0 Å². The highest BCUT2D eigenvalue weighted by atomic mass is 19.4. The summed E-state index contributed by atoms with van der Waals surface area (Å²) in [5.41, 5.74) is 0.230. The van der Waals surface area contributed by atoms with Crippen LogP contribution >= 0.6 is 0 Å². The third-order valence-electron chi connectivity index (χ3n) is 8.32. The number of amides is 1. The van der Waals surface area contributed by atoms with Crippen molar-refractivity contribution in [3.63, 3.8) is 0 Å². The highest BCUT2D eigenvalue weighted by Crippen LogP contribution is 2.47. The smallest absolute Gasteiger partial charge is 0.416 e. The number of tetrazole rings is 1. The summed E-state index contributed by atoms with van der Waals surface area (Å²) in [7, 11) is 0. The van der Waals surface area contributed by atoms with Crippen molar-refractivity contribution in [2.45, 2.75) is 81.3 Å². The first kappa shape index (κ1) is 33.4. The van der Waals surface area contributed by atoms with Gasteiger partial charge < -0.3 is 15.6 Å². The molecule has 3 heterocycles. The second-order valence-electron chi connectivity index (χ2n) is 11.3. The molecule has 4 atom stereocenters. The lowest BCUT2D eigenvalue weighted by molar-refractivity contribution is -0.143. The lowest BCUT2D eigenvalue weighted by Crippen LogP contribution is -2.61. The Bertz CT molecular complexity index is 1570. The van der Waals surface area contributed by atoms with Crippen molar-refractivity contribution in [3.8, 4) is 0 Å². The lowest BCUT2D eigenvalue weighted by Gasteiger charge is -2.45. The van der Waals surface area contributed by atoms with Gasteiger partial charge in [-0.1, -0.05) is 6.92 Å². The van der Waals surface area contributed by atoms with Crippen LogP contribution in [0.4, 0.5) is 50.0 Å². The van der Waals surface area contributed by atoms with Crippen LogP contribution < -0.4 is 10.6 Å². The van der Waals surface area contributed by atoms with Crippen molar-refractivity contribution in [1.29, 1.82) is 0 Å². The summed E-state index contributed by atoms with van der Waals surface area (Å²) in [6, 6.07) is 2.62. The molecule has 2 unspecified atom stereocenters. The van der Waals surface area contributed by atoms with Crippen LogP contribution in [0.15, 0.2) is 36.4 Å². The summed E-state index contributed by atoms with van der Waals surface area (Å²) in [5, 5.41) is 22.3. The summed E-state index contributed by atoms with van der Waals surface area (Å²) in [5.74, 6) is -1.28. The Morgan fingerprint density at radius 1 is 1.02 bits per heavy atom. The van der Waals surface area contributed by atoms with Crippen molar-refractivity contribution in [3.05, 3.63) is 70.0 Å². The third kappa shape index (κ3) is 6.49. The van der Waals surface area contributed by atoms with Crippen molar-refractivity contribution in [2.24, 2.45) is 5.73 Å². The molecule has 1 saturated heterocycles. The molecule has 1 amide bonds. The van der Waals surface area contributed by atoms with E-state index in [1.807, 2.05) is 0 Å². The zero-order valence-corrected chi connectivity index (χ0v) is 23.9. The highest BCUT2D eigenvalue weighted by Gasteiger charge is 2.47. The minimum absolute atomic E-state index is 0.0132. The molecule has 3 N–H and O–H groups in total. The maximum atomic E-state index is 13.7. The fourth-order valence-corrected chi connectivity index (χ4v) is 6.00. The second-order valence-corrected chi connectivity index (χ2v) is 11.3. The SMILES string of the molecule is CC[C@]1(N)C[C@H](c2nnn(C(Cc3cc(C(F)(F)F)cc(C(F)(F)F)c3)C3CCCO3)n2)c2cc(C(F)(F)F)ccc2N1C(=O)O. The molecule has 5 rings (SSSR count). The van der Waals surface area contributed by atoms with Gasteiger partial charge in [-0.3, -0.25) is 4.90 Å². The van der Waals surface area contributed by atoms with Crippen molar-refractivity contribution < 1.29 is 54.2 Å². The van der Waals surface area contributed by atoms with Crippen molar-refractivity contribution >= 4 is 11.8 Å². The van der Waals surface area contributed by atoms with Gasteiger partial charge >= 0.3 is 24.6 Å². The lowest BCUT2D eigenvalue weighted by atomic mass is 9.80. The van der Waals surface area contributed by atoms with Gasteiger partial charge in [-0.15, -0.1) is 10.2 Å². The van der Waals surface area contributed by atoms with Crippen LogP contribution in [0.1, 0.15) is 78.2 Å². The molecule has 46 heavy (non-hydrogen) atoms. The van der Waals surface area contributed by atoms with Gasteiger partial charge in [0.2, 0.25) is 0 Å². The summed E-state index contributed by atoms with van der Waals surface area (Å²) in [6.45, 7) is 1.84. The number of ether oxygens (including phenoxy) is 1. The summed E-state index contributed by atoms with van der Waals surface area (Å²) in [6.07, 6.45) is -16.9. The molecule has 0 radical (unpaired) electrons. The summed E-state index contributed by atoms with van der Waals surface area (Å²) >= 11 is 0. The van der Waals surface area contributed by atoms with Gasteiger partial charge in [0.05, 0.1) is 34.4 Å².